The summed E-state index contributed by atoms with van der Waals surface area (Å²) in [5, 5.41) is 0. The maximum absolute atomic E-state index is 12.6. The predicted octanol–water partition coefficient (Wildman–Crippen LogP) is 4.39. The highest BCUT2D eigenvalue weighted by Crippen LogP contribution is 2.26. The van der Waals surface area contributed by atoms with Crippen molar-refractivity contribution in [2.45, 2.75) is 50.7 Å². The smallest absolute Gasteiger partial charge is 0.261 e. The van der Waals surface area contributed by atoms with E-state index in [1.54, 1.807) is 24.3 Å². The van der Waals surface area contributed by atoms with E-state index in [-0.39, 0.29) is 11.0 Å². The summed E-state index contributed by atoms with van der Waals surface area (Å²) in [7, 11) is -3.60. The Morgan fingerprint density at radius 1 is 1.11 bits per heavy atom. The first-order chi connectivity index (χ1) is 13.3. The van der Waals surface area contributed by atoms with E-state index in [2.05, 4.69) is 37.3 Å². The van der Waals surface area contributed by atoms with E-state index < -0.39 is 10.0 Å². The fraction of sp³-hybridized carbons (Fsp3) is 0.455. The molecule has 3 rings (SSSR count). The Morgan fingerprint density at radius 3 is 2.32 bits per heavy atom. The number of morpholine rings is 1. The number of ether oxygens (including phenoxy) is 1. The third-order valence-corrected chi connectivity index (χ3v) is 6.76. The van der Waals surface area contributed by atoms with Gasteiger partial charge in [-0.05, 0) is 54.8 Å². The van der Waals surface area contributed by atoms with E-state index in [1.807, 2.05) is 24.3 Å². The fourth-order valence-corrected chi connectivity index (χ4v) is 4.52. The van der Waals surface area contributed by atoms with Crippen molar-refractivity contribution in [3.05, 3.63) is 59.7 Å². The number of rotatable bonds is 6. The van der Waals surface area contributed by atoms with Gasteiger partial charge in [0.15, 0.2) is 0 Å². The molecule has 0 amide bonds. The highest BCUT2D eigenvalue weighted by Gasteiger charge is 2.26. The van der Waals surface area contributed by atoms with Crippen LogP contribution in [0.5, 0.6) is 0 Å². The number of anilines is 1. The number of likely N-dealkylation sites (N-methyl/N-ethyl adjacent to an activating group) is 1. The van der Waals surface area contributed by atoms with E-state index in [9.17, 15) is 8.42 Å². The maximum atomic E-state index is 12.6. The highest BCUT2D eigenvalue weighted by molar-refractivity contribution is 7.92. The van der Waals surface area contributed by atoms with Crippen LogP contribution in [0.2, 0.25) is 0 Å². The van der Waals surface area contributed by atoms with Gasteiger partial charge in [-0.3, -0.25) is 9.62 Å². The molecule has 152 valence electrons. The summed E-state index contributed by atoms with van der Waals surface area (Å²) in [5.41, 5.74) is 2.73. The van der Waals surface area contributed by atoms with Gasteiger partial charge in [-0.15, -0.1) is 0 Å². The van der Waals surface area contributed by atoms with Gasteiger partial charge < -0.3 is 4.74 Å². The second kappa shape index (κ2) is 8.64. The van der Waals surface area contributed by atoms with Crippen LogP contribution in [-0.4, -0.2) is 39.1 Å². The van der Waals surface area contributed by atoms with Gasteiger partial charge in [0.2, 0.25) is 0 Å². The minimum absolute atomic E-state index is 0.0189. The lowest BCUT2D eigenvalue weighted by atomic mass is 10.0. The lowest BCUT2D eigenvalue weighted by Gasteiger charge is -2.37. The Bertz CT molecular complexity index is 877. The molecular weight excluding hydrogens is 372 g/mol. The summed E-state index contributed by atoms with van der Waals surface area (Å²) in [6.45, 7) is 11.0. The molecule has 0 radical (unpaired) electrons. The summed E-state index contributed by atoms with van der Waals surface area (Å²) in [6, 6.07) is 14.9. The third kappa shape index (κ3) is 4.74. The summed E-state index contributed by atoms with van der Waals surface area (Å²) < 4.78 is 33.9. The van der Waals surface area contributed by atoms with Crippen LogP contribution < -0.4 is 4.72 Å². The van der Waals surface area contributed by atoms with Crippen LogP contribution in [-0.2, 0) is 14.8 Å². The summed E-state index contributed by atoms with van der Waals surface area (Å²) in [5.74, 6) is 0.367. The molecule has 2 atom stereocenters. The number of benzene rings is 2. The minimum Gasteiger partial charge on any atom is -0.371 e. The van der Waals surface area contributed by atoms with Crippen molar-refractivity contribution in [2.24, 2.45) is 0 Å². The highest BCUT2D eigenvalue weighted by atomic mass is 32.2. The number of sulfonamides is 1. The zero-order valence-electron chi connectivity index (χ0n) is 17.1. The van der Waals surface area contributed by atoms with Gasteiger partial charge >= 0.3 is 0 Å². The SMILES string of the molecule is CCN1C[C@H](c2ccc(NS(=O)(=O)c3ccc(C(C)C)cc3)cc2)OC[C@@H]1C. The summed E-state index contributed by atoms with van der Waals surface area (Å²) in [4.78, 5) is 2.66. The van der Waals surface area contributed by atoms with E-state index in [4.69, 9.17) is 4.74 Å². The first kappa shape index (κ1) is 20.8. The molecule has 2 aromatic rings. The van der Waals surface area contributed by atoms with Gasteiger partial charge in [-0.2, -0.15) is 0 Å². The van der Waals surface area contributed by atoms with Crippen LogP contribution in [0.4, 0.5) is 5.69 Å². The van der Waals surface area contributed by atoms with E-state index in [1.165, 1.54) is 0 Å². The molecule has 0 spiro atoms. The van der Waals surface area contributed by atoms with Gasteiger partial charge in [0.25, 0.3) is 10.0 Å². The van der Waals surface area contributed by atoms with Crippen molar-refractivity contribution in [3.8, 4) is 0 Å². The lowest BCUT2D eigenvalue weighted by molar-refractivity contribution is -0.0580. The van der Waals surface area contributed by atoms with E-state index in [0.717, 1.165) is 24.2 Å². The summed E-state index contributed by atoms with van der Waals surface area (Å²) >= 11 is 0. The largest absolute Gasteiger partial charge is 0.371 e. The predicted molar refractivity (Wildman–Crippen MR) is 113 cm³/mol. The maximum Gasteiger partial charge on any atom is 0.261 e. The van der Waals surface area contributed by atoms with Gasteiger partial charge in [0.05, 0.1) is 17.6 Å². The molecule has 5 nitrogen and oxygen atoms in total. The molecule has 1 saturated heterocycles. The Kier molecular flexibility index (Phi) is 6.43. The van der Waals surface area contributed by atoms with E-state index in [0.29, 0.717) is 24.3 Å². The van der Waals surface area contributed by atoms with Gasteiger partial charge in [0, 0.05) is 18.3 Å². The minimum atomic E-state index is -3.60. The molecule has 0 unspecified atom stereocenters. The third-order valence-electron chi connectivity index (χ3n) is 5.36. The normalized spacial score (nSPS) is 21.0. The molecule has 1 heterocycles. The summed E-state index contributed by atoms with van der Waals surface area (Å²) in [6.07, 6.45) is 0.0189. The second-order valence-corrected chi connectivity index (χ2v) is 9.39. The zero-order chi connectivity index (χ0) is 20.3. The lowest BCUT2D eigenvalue weighted by Crippen LogP contribution is -2.44. The van der Waals surface area contributed by atoms with Crippen LogP contribution in [0.3, 0.4) is 0 Å². The van der Waals surface area contributed by atoms with Crippen molar-refractivity contribution in [1.82, 2.24) is 4.90 Å². The average molecular weight is 403 g/mol. The molecule has 0 aliphatic carbocycles. The van der Waals surface area contributed by atoms with Crippen molar-refractivity contribution < 1.29 is 13.2 Å². The molecule has 1 fully saturated rings. The molecule has 6 heteroatoms. The quantitative estimate of drug-likeness (QED) is 0.778. The van der Waals surface area contributed by atoms with Crippen LogP contribution in [0.25, 0.3) is 0 Å². The van der Waals surface area contributed by atoms with Crippen LogP contribution >= 0.6 is 0 Å². The average Bonchev–Trinajstić information content (AvgIpc) is 2.69. The van der Waals surface area contributed by atoms with Crippen molar-refractivity contribution in [2.75, 3.05) is 24.4 Å². The Labute approximate surface area is 168 Å². The van der Waals surface area contributed by atoms with Gasteiger partial charge in [0.1, 0.15) is 0 Å². The first-order valence-electron chi connectivity index (χ1n) is 9.88. The molecule has 0 saturated carbocycles. The van der Waals surface area contributed by atoms with Crippen LogP contribution in [0.15, 0.2) is 53.4 Å². The fourth-order valence-electron chi connectivity index (χ4n) is 3.46. The topological polar surface area (TPSA) is 58.6 Å². The molecule has 1 aliphatic heterocycles. The second-order valence-electron chi connectivity index (χ2n) is 7.71. The molecule has 0 aromatic heterocycles. The number of hydrogen-bond donors (Lipinski definition) is 1. The van der Waals surface area contributed by atoms with Crippen LogP contribution in [0, 0.1) is 0 Å². The molecule has 0 bridgehead atoms. The number of nitrogens with one attached hydrogen (secondary N) is 1. The molecule has 28 heavy (non-hydrogen) atoms. The Balaban J connectivity index is 1.69. The molecule has 1 N–H and O–H groups in total. The van der Waals surface area contributed by atoms with Crippen molar-refractivity contribution >= 4 is 15.7 Å². The molecule has 1 aliphatic rings. The molecular formula is C22H30N2O3S. The number of hydrogen-bond acceptors (Lipinski definition) is 4. The zero-order valence-corrected chi connectivity index (χ0v) is 17.9. The van der Waals surface area contributed by atoms with E-state index >= 15 is 0 Å². The van der Waals surface area contributed by atoms with Gasteiger partial charge in [-0.1, -0.05) is 45.0 Å². The van der Waals surface area contributed by atoms with Crippen molar-refractivity contribution in [3.63, 3.8) is 0 Å². The monoisotopic (exact) mass is 402 g/mol. The van der Waals surface area contributed by atoms with Gasteiger partial charge in [-0.25, -0.2) is 8.42 Å². The van der Waals surface area contributed by atoms with Crippen LogP contribution in [0.1, 0.15) is 50.8 Å². The van der Waals surface area contributed by atoms with Crippen molar-refractivity contribution in [1.29, 1.82) is 0 Å². The molecule has 2 aromatic carbocycles. The Hall–Kier alpha value is -1.89. The Morgan fingerprint density at radius 2 is 1.75 bits per heavy atom. The first-order valence-corrected chi connectivity index (χ1v) is 11.4. The standard InChI is InChI=1S/C22H30N2O3S/c1-5-24-14-22(27-15-17(24)4)19-6-10-20(11-7-19)23-28(25,26)21-12-8-18(9-13-21)16(2)3/h6-13,16-17,22-23H,5,14-15H2,1-4H3/t17-,22+/m0/s1. The number of nitrogens with zero attached hydrogens (tertiary/aromatic N) is 1.